The van der Waals surface area contributed by atoms with Crippen molar-refractivity contribution in [1.82, 2.24) is 9.97 Å². The monoisotopic (exact) mass is 340 g/mol. The topological polar surface area (TPSA) is 31.6 Å². The Morgan fingerprint density at radius 1 is 0.615 bits per heavy atom. The van der Waals surface area contributed by atoms with Gasteiger partial charge in [0.15, 0.2) is 0 Å². The third-order valence-electron chi connectivity index (χ3n) is 5.07. The Morgan fingerprint density at radius 2 is 1.12 bits per heavy atom. The fourth-order valence-corrected chi connectivity index (χ4v) is 3.85. The van der Waals surface area contributed by atoms with Gasteiger partial charge in [-0.05, 0) is 41.0 Å². The lowest BCUT2D eigenvalue weighted by Crippen LogP contribution is -2.02. The summed E-state index contributed by atoms with van der Waals surface area (Å²) in [4.78, 5) is 6.75. The van der Waals surface area contributed by atoms with Crippen LogP contribution in [0, 0.1) is 5.82 Å². The van der Waals surface area contributed by atoms with E-state index in [9.17, 15) is 4.39 Å². The highest BCUT2D eigenvalue weighted by molar-refractivity contribution is 5.89. The lowest BCUT2D eigenvalue weighted by atomic mass is 9.85. The quantitative estimate of drug-likeness (QED) is 0.405. The number of aromatic nitrogens is 2. The molecule has 0 radical (unpaired) electrons. The van der Waals surface area contributed by atoms with Crippen molar-refractivity contribution in [3.63, 3.8) is 0 Å². The number of rotatable bonds is 3. The molecule has 0 saturated carbocycles. The van der Waals surface area contributed by atoms with Crippen molar-refractivity contribution in [3.8, 4) is 0 Å². The van der Waals surface area contributed by atoms with Gasteiger partial charge in [-0.15, -0.1) is 0 Å². The van der Waals surface area contributed by atoms with Crippen LogP contribution in [-0.2, 0) is 0 Å². The van der Waals surface area contributed by atoms with Crippen molar-refractivity contribution in [2.24, 2.45) is 0 Å². The Hall–Kier alpha value is -3.33. The minimum absolute atomic E-state index is 0.0166. The zero-order valence-electron chi connectivity index (χ0n) is 14.0. The van der Waals surface area contributed by atoms with Crippen LogP contribution < -0.4 is 0 Å². The van der Waals surface area contributed by atoms with Crippen LogP contribution in [0.2, 0.25) is 0 Å². The highest BCUT2D eigenvalue weighted by atomic mass is 19.1. The number of hydrogen-bond acceptors (Lipinski definition) is 0. The summed E-state index contributed by atoms with van der Waals surface area (Å²) >= 11 is 0. The Bertz CT molecular complexity index is 1120. The van der Waals surface area contributed by atoms with Crippen molar-refractivity contribution in [3.05, 3.63) is 108 Å². The molecule has 0 bridgehead atoms. The van der Waals surface area contributed by atoms with Gasteiger partial charge in [-0.1, -0.05) is 48.5 Å². The summed E-state index contributed by atoms with van der Waals surface area (Å²) in [7, 11) is 0. The van der Waals surface area contributed by atoms with Crippen LogP contribution in [0.25, 0.3) is 21.8 Å². The molecule has 0 aliphatic carbocycles. The summed E-state index contributed by atoms with van der Waals surface area (Å²) in [5.74, 6) is -0.201. The zero-order valence-corrected chi connectivity index (χ0v) is 14.0. The molecule has 2 N–H and O–H groups in total. The second kappa shape index (κ2) is 5.88. The van der Waals surface area contributed by atoms with E-state index in [1.54, 1.807) is 0 Å². The number of H-pyrrole nitrogens is 2. The molecule has 0 amide bonds. The lowest BCUT2D eigenvalue weighted by molar-refractivity contribution is 0.627. The van der Waals surface area contributed by atoms with Crippen molar-refractivity contribution >= 4 is 21.8 Å². The second-order valence-corrected chi connectivity index (χ2v) is 6.56. The van der Waals surface area contributed by atoms with Gasteiger partial charge in [0.2, 0.25) is 0 Å². The number of benzene rings is 3. The first-order chi connectivity index (χ1) is 12.8. The first-order valence-electron chi connectivity index (χ1n) is 8.69. The number of fused-ring (bicyclic) bond motifs is 2. The summed E-state index contributed by atoms with van der Waals surface area (Å²) in [6.45, 7) is 0. The van der Waals surface area contributed by atoms with Gasteiger partial charge in [-0.25, -0.2) is 4.39 Å². The van der Waals surface area contributed by atoms with Gasteiger partial charge in [0.1, 0.15) is 5.82 Å². The molecular formula is C23H17FN2. The number of halogens is 1. The van der Waals surface area contributed by atoms with Crippen molar-refractivity contribution in [1.29, 1.82) is 0 Å². The highest BCUT2D eigenvalue weighted by Gasteiger charge is 2.23. The maximum absolute atomic E-state index is 13.5. The van der Waals surface area contributed by atoms with E-state index < -0.39 is 0 Å². The van der Waals surface area contributed by atoms with E-state index in [1.807, 2.05) is 24.3 Å². The predicted octanol–water partition coefficient (Wildman–Crippen LogP) is 5.97. The molecule has 26 heavy (non-hydrogen) atoms. The number of para-hydroxylation sites is 2. The molecule has 126 valence electrons. The van der Waals surface area contributed by atoms with Gasteiger partial charge in [-0.3, -0.25) is 0 Å². The molecule has 0 unspecified atom stereocenters. The molecule has 5 aromatic rings. The van der Waals surface area contributed by atoms with Gasteiger partial charge in [0, 0.05) is 40.1 Å². The molecule has 0 saturated heterocycles. The fraction of sp³-hybridized carbons (Fsp3) is 0.0435. The molecule has 2 nitrogen and oxygen atoms in total. The Kier molecular flexibility index (Phi) is 3.39. The third-order valence-corrected chi connectivity index (χ3v) is 5.07. The van der Waals surface area contributed by atoms with Gasteiger partial charge >= 0.3 is 0 Å². The summed E-state index contributed by atoms with van der Waals surface area (Å²) in [6.07, 6.45) is 4.14. The van der Waals surface area contributed by atoms with Crippen molar-refractivity contribution in [2.45, 2.75) is 5.92 Å². The summed E-state index contributed by atoms with van der Waals surface area (Å²) in [5, 5.41) is 2.37. The molecule has 0 aliphatic rings. The van der Waals surface area contributed by atoms with Crippen LogP contribution in [0.3, 0.4) is 0 Å². The minimum atomic E-state index is -0.217. The number of nitrogens with one attached hydrogen (secondary N) is 2. The summed E-state index contributed by atoms with van der Waals surface area (Å²) < 4.78 is 13.5. The van der Waals surface area contributed by atoms with E-state index in [2.05, 4.69) is 58.8 Å². The second-order valence-electron chi connectivity index (χ2n) is 6.56. The fourth-order valence-electron chi connectivity index (χ4n) is 3.85. The molecule has 0 spiro atoms. The Balaban J connectivity index is 1.79. The van der Waals surface area contributed by atoms with E-state index in [0.717, 1.165) is 16.6 Å². The van der Waals surface area contributed by atoms with E-state index in [0.29, 0.717) is 0 Å². The molecule has 0 aliphatic heterocycles. The van der Waals surface area contributed by atoms with E-state index in [-0.39, 0.29) is 11.7 Å². The minimum Gasteiger partial charge on any atom is -0.361 e. The smallest absolute Gasteiger partial charge is 0.123 e. The molecule has 3 heteroatoms. The maximum atomic E-state index is 13.5. The number of aromatic amines is 2. The average molecular weight is 340 g/mol. The molecule has 3 aromatic carbocycles. The SMILES string of the molecule is Fc1ccc(C(c2c[nH]c3ccccc23)c2c[nH]c3ccccc23)cc1. The van der Waals surface area contributed by atoms with Gasteiger partial charge < -0.3 is 9.97 Å². The summed E-state index contributed by atoms with van der Waals surface area (Å²) in [5.41, 5.74) is 5.67. The highest BCUT2D eigenvalue weighted by Crippen LogP contribution is 2.39. The van der Waals surface area contributed by atoms with E-state index in [1.165, 1.54) is 34.0 Å². The maximum Gasteiger partial charge on any atom is 0.123 e. The average Bonchev–Trinajstić information content (AvgIpc) is 3.29. The predicted molar refractivity (Wildman–Crippen MR) is 104 cm³/mol. The van der Waals surface area contributed by atoms with Crippen molar-refractivity contribution in [2.75, 3.05) is 0 Å². The van der Waals surface area contributed by atoms with Crippen molar-refractivity contribution < 1.29 is 4.39 Å². The molecular weight excluding hydrogens is 323 g/mol. The zero-order chi connectivity index (χ0) is 17.5. The standard InChI is InChI=1S/C23H17FN2/c24-16-11-9-15(10-12-16)23(19-13-25-21-7-3-1-5-17(19)21)20-14-26-22-8-4-2-6-18(20)22/h1-14,23,25-26H. The number of hydrogen-bond donors (Lipinski definition) is 2. The Morgan fingerprint density at radius 3 is 1.65 bits per heavy atom. The van der Waals surface area contributed by atoms with Gasteiger partial charge in [-0.2, -0.15) is 0 Å². The molecule has 5 rings (SSSR count). The van der Waals surface area contributed by atoms with Crippen LogP contribution in [0.4, 0.5) is 4.39 Å². The van der Waals surface area contributed by atoms with Crippen LogP contribution in [0.15, 0.2) is 85.2 Å². The molecule has 2 aromatic heterocycles. The van der Waals surface area contributed by atoms with Gasteiger partial charge in [0.05, 0.1) is 0 Å². The van der Waals surface area contributed by atoms with Crippen LogP contribution in [0.5, 0.6) is 0 Å². The normalized spacial score (nSPS) is 11.6. The first kappa shape index (κ1) is 15.0. The summed E-state index contributed by atoms with van der Waals surface area (Å²) in [6, 6.07) is 23.4. The van der Waals surface area contributed by atoms with E-state index >= 15 is 0 Å². The van der Waals surface area contributed by atoms with Crippen LogP contribution >= 0.6 is 0 Å². The van der Waals surface area contributed by atoms with Gasteiger partial charge in [0.25, 0.3) is 0 Å². The molecule has 0 atom stereocenters. The van der Waals surface area contributed by atoms with Crippen LogP contribution in [-0.4, -0.2) is 9.97 Å². The van der Waals surface area contributed by atoms with E-state index in [4.69, 9.17) is 0 Å². The molecule has 0 fully saturated rings. The molecule has 2 heterocycles. The van der Waals surface area contributed by atoms with Crippen LogP contribution in [0.1, 0.15) is 22.6 Å². The largest absolute Gasteiger partial charge is 0.361 e. The third kappa shape index (κ3) is 2.32. The lowest BCUT2D eigenvalue weighted by Gasteiger charge is -2.17. The Labute approximate surface area is 150 Å². The first-order valence-corrected chi connectivity index (χ1v) is 8.69.